The van der Waals surface area contributed by atoms with E-state index in [0.717, 1.165) is 39.6 Å². The van der Waals surface area contributed by atoms with Gasteiger partial charge in [0, 0.05) is 17.1 Å². The Labute approximate surface area is 228 Å². The van der Waals surface area contributed by atoms with E-state index < -0.39 is 0 Å². The van der Waals surface area contributed by atoms with Crippen LogP contribution in [-0.2, 0) is 11.3 Å². The van der Waals surface area contributed by atoms with Gasteiger partial charge in [0.15, 0.2) is 5.17 Å². The molecule has 5 nitrogen and oxygen atoms in total. The smallest absolute Gasteiger partial charge is 0.267 e. The van der Waals surface area contributed by atoms with E-state index in [2.05, 4.69) is 56.5 Å². The summed E-state index contributed by atoms with van der Waals surface area (Å²) in [6.45, 7) is 8.90. The number of carbonyl (C=O) groups is 1. The third kappa shape index (κ3) is 5.18. The van der Waals surface area contributed by atoms with E-state index in [9.17, 15) is 4.79 Å². The van der Waals surface area contributed by atoms with E-state index in [1.54, 1.807) is 12.0 Å². The molecule has 3 aromatic carbocycles. The number of amides is 1. The van der Waals surface area contributed by atoms with Crippen LogP contribution in [0.3, 0.4) is 0 Å². The van der Waals surface area contributed by atoms with E-state index in [-0.39, 0.29) is 5.91 Å². The summed E-state index contributed by atoms with van der Waals surface area (Å²) in [6, 6.07) is 26.2. The van der Waals surface area contributed by atoms with Crippen LogP contribution in [0.4, 0.5) is 5.69 Å². The van der Waals surface area contributed by atoms with Gasteiger partial charge in [-0.15, -0.1) is 0 Å². The summed E-state index contributed by atoms with van der Waals surface area (Å²) >= 11 is 1.42. The quantitative estimate of drug-likeness (QED) is 0.247. The molecule has 0 saturated carbocycles. The minimum atomic E-state index is -0.0449. The first-order chi connectivity index (χ1) is 18.3. The van der Waals surface area contributed by atoms with Crippen molar-refractivity contribution in [1.82, 2.24) is 9.47 Å². The van der Waals surface area contributed by atoms with Crippen LogP contribution in [0.25, 0.3) is 11.8 Å². The second-order valence-corrected chi connectivity index (χ2v) is 10.5. The van der Waals surface area contributed by atoms with Crippen LogP contribution < -0.4 is 4.74 Å². The summed E-state index contributed by atoms with van der Waals surface area (Å²) in [5.74, 6) is 0.741. The van der Waals surface area contributed by atoms with E-state index in [1.807, 2.05) is 60.7 Å². The van der Waals surface area contributed by atoms with Gasteiger partial charge in [0.25, 0.3) is 5.91 Å². The zero-order chi connectivity index (χ0) is 26.8. The predicted octanol–water partition coefficient (Wildman–Crippen LogP) is 7.52. The Morgan fingerprint density at radius 1 is 0.895 bits per heavy atom. The molecule has 1 aliphatic rings. The number of hydrogen-bond donors (Lipinski definition) is 0. The van der Waals surface area contributed by atoms with E-state index in [4.69, 9.17) is 9.73 Å². The van der Waals surface area contributed by atoms with Crippen molar-refractivity contribution in [2.24, 2.45) is 4.99 Å². The summed E-state index contributed by atoms with van der Waals surface area (Å²) in [5.41, 5.74) is 8.74. The lowest BCUT2D eigenvalue weighted by molar-refractivity contribution is -0.122. The third-order valence-electron chi connectivity index (χ3n) is 6.87. The maximum absolute atomic E-state index is 13.7. The third-order valence-corrected chi connectivity index (χ3v) is 7.88. The van der Waals surface area contributed by atoms with Crippen molar-refractivity contribution in [3.05, 3.63) is 117 Å². The zero-order valence-electron chi connectivity index (χ0n) is 22.4. The lowest BCUT2D eigenvalue weighted by atomic mass is 10.1. The monoisotopic (exact) mass is 521 g/mol. The number of rotatable bonds is 6. The van der Waals surface area contributed by atoms with Crippen LogP contribution in [0.2, 0.25) is 0 Å². The van der Waals surface area contributed by atoms with Gasteiger partial charge in [0.1, 0.15) is 5.75 Å². The van der Waals surface area contributed by atoms with Gasteiger partial charge in [-0.2, -0.15) is 0 Å². The SMILES string of the molecule is COc1ccc(CN2C(=O)/C(=C/c3cc(C)n(-c4ccc(C)c(C)c4)c3C)SC2=Nc2ccccc2)cc1. The predicted molar refractivity (Wildman–Crippen MR) is 157 cm³/mol. The lowest BCUT2D eigenvalue weighted by Gasteiger charge is -2.16. The number of amidine groups is 1. The van der Waals surface area contributed by atoms with Gasteiger partial charge in [-0.25, -0.2) is 4.99 Å². The average molecular weight is 522 g/mol. The Morgan fingerprint density at radius 2 is 1.63 bits per heavy atom. The highest BCUT2D eigenvalue weighted by atomic mass is 32.2. The van der Waals surface area contributed by atoms with Crippen molar-refractivity contribution < 1.29 is 9.53 Å². The fourth-order valence-electron chi connectivity index (χ4n) is 4.59. The Bertz CT molecular complexity index is 1550. The molecule has 1 aromatic heterocycles. The van der Waals surface area contributed by atoms with Gasteiger partial charge in [0.05, 0.1) is 24.2 Å². The zero-order valence-corrected chi connectivity index (χ0v) is 23.2. The fourth-order valence-corrected chi connectivity index (χ4v) is 5.58. The molecule has 0 N–H and O–H groups in total. The molecule has 192 valence electrons. The highest BCUT2D eigenvalue weighted by molar-refractivity contribution is 8.18. The molecule has 1 aliphatic heterocycles. The first kappa shape index (κ1) is 25.6. The molecule has 0 spiro atoms. The number of aliphatic imine (C=N–C) groups is 1. The number of aryl methyl sites for hydroxylation is 3. The first-order valence-corrected chi connectivity index (χ1v) is 13.4. The Kier molecular flexibility index (Phi) is 7.25. The standard InChI is InChI=1S/C32H31N3O2S/c1-21-11-14-28(17-22(21)2)35-23(3)18-26(24(35)4)19-30-31(36)34(20-25-12-15-29(37-5)16-13-25)32(38-30)33-27-9-7-6-8-10-27/h6-19H,20H2,1-5H3/b30-19-,33-32?. The number of benzene rings is 3. The molecule has 4 aromatic rings. The molecule has 5 rings (SSSR count). The summed E-state index contributed by atoms with van der Waals surface area (Å²) < 4.78 is 7.54. The van der Waals surface area contributed by atoms with Gasteiger partial charge in [0.2, 0.25) is 0 Å². The number of nitrogens with zero attached hydrogens (tertiary/aromatic N) is 3. The van der Waals surface area contributed by atoms with Gasteiger partial charge in [-0.05, 0) is 110 Å². The number of thioether (sulfide) groups is 1. The molecule has 0 radical (unpaired) electrons. The van der Waals surface area contributed by atoms with Crippen LogP contribution in [0.15, 0.2) is 88.8 Å². The topological polar surface area (TPSA) is 46.8 Å². The average Bonchev–Trinajstić information content (AvgIpc) is 3.36. The van der Waals surface area contributed by atoms with E-state index in [0.29, 0.717) is 16.6 Å². The maximum atomic E-state index is 13.7. The Hall–Kier alpha value is -4.03. The highest BCUT2D eigenvalue weighted by Gasteiger charge is 2.34. The minimum absolute atomic E-state index is 0.0449. The van der Waals surface area contributed by atoms with Crippen LogP contribution in [-0.4, -0.2) is 27.7 Å². The first-order valence-electron chi connectivity index (χ1n) is 12.6. The number of para-hydroxylation sites is 1. The number of ether oxygens (including phenoxy) is 1. The van der Waals surface area contributed by atoms with Crippen molar-refractivity contribution in [2.45, 2.75) is 34.2 Å². The van der Waals surface area contributed by atoms with Crippen LogP contribution in [0.5, 0.6) is 5.75 Å². The molecule has 1 fully saturated rings. The van der Waals surface area contributed by atoms with Gasteiger partial charge >= 0.3 is 0 Å². The molecule has 6 heteroatoms. The van der Waals surface area contributed by atoms with Gasteiger partial charge < -0.3 is 9.30 Å². The normalized spacial score (nSPS) is 15.6. The molecule has 38 heavy (non-hydrogen) atoms. The van der Waals surface area contributed by atoms with Gasteiger partial charge in [-0.1, -0.05) is 36.4 Å². The van der Waals surface area contributed by atoms with Gasteiger partial charge in [-0.3, -0.25) is 9.69 Å². The second-order valence-electron chi connectivity index (χ2n) is 9.51. The molecular formula is C32H31N3O2S. The highest BCUT2D eigenvalue weighted by Crippen LogP contribution is 2.36. The fraction of sp³-hybridized carbons (Fsp3) is 0.188. The molecular weight excluding hydrogens is 490 g/mol. The molecule has 0 atom stereocenters. The lowest BCUT2D eigenvalue weighted by Crippen LogP contribution is -2.28. The maximum Gasteiger partial charge on any atom is 0.267 e. The van der Waals surface area contributed by atoms with Crippen molar-refractivity contribution >= 4 is 34.6 Å². The second kappa shape index (κ2) is 10.8. The number of methoxy groups -OCH3 is 1. The molecule has 0 bridgehead atoms. The summed E-state index contributed by atoms with van der Waals surface area (Å²) in [4.78, 5) is 21.0. The Morgan fingerprint density at radius 3 is 2.32 bits per heavy atom. The van der Waals surface area contributed by atoms with E-state index in [1.165, 1.54) is 22.9 Å². The van der Waals surface area contributed by atoms with Crippen molar-refractivity contribution in [3.8, 4) is 11.4 Å². The van der Waals surface area contributed by atoms with E-state index >= 15 is 0 Å². The number of carbonyl (C=O) groups excluding carboxylic acids is 1. The molecule has 0 aliphatic carbocycles. The van der Waals surface area contributed by atoms with Crippen LogP contribution >= 0.6 is 11.8 Å². The summed E-state index contributed by atoms with van der Waals surface area (Å²) in [6.07, 6.45) is 2.00. The molecule has 1 amide bonds. The molecule has 2 heterocycles. The number of hydrogen-bond acceptors (Lipinski definition) is 4. The van der Waals surface area contributed by atoms with Crippen LogP contribution in [0.1, 0.15) is 33.6 Å². The number of aromatic nitrogens is 1. The molecule has 0 unspecified atom stereocenters. The van der Waals surface area contributed by atoms with Crippen LogP contribution in [0, 0.1) is 27.7 Å². The van der Waals surface area contributed by atoms with Crippen molar-refractivity contribution in [1.29, 1.82) is 0 Å². The molecule has 1 saturated heterocycles. The summed E-state index contributed by atoms with van der Waals surface area (Å²) in [5, 5.41) is 0.672. The minimum Gasteiger partial charge on any atom is -0.497 e. The largest absolute Gasteiger partial charge is 0.497 e. The van der Waals surface area contributed by atoms with Crippen molar-refractivity contribution in [3.63, 3.8) is 0 Å². The van der Waals surface area contributed by atoms with Crippen molar-refractivity contribution in [2.75, 3.05) is 7.11 Å². The Balaban J connectivity index is 1.51. The summed E-state index contributed by atoms with van der Waals surface area (Å²) in [7, 11) is 1.65.